The normalized spacial score (nSPS) is 10.9. The maximum atomic E-state index is 13.7. The summed E-state index contributed by atoms with van der Waals surface area (Å²) >= 11 is 4.69. The van der Waals surface area contributed by atoms with Crippen LogP contribution in [0.25, 0.3) is 10.1 Å². The van der Waals surface area contributed by atoms with E-state index in [1.54, 1.807) is 18.2 Å². The zero-order valence-electron chi connectivity index (χ0n) is 14.3. The Labute approximate surface area is 168 Å². The highest BCUT2D eigenvalue weighted by molar-refractivity contribution is 9.10. The molecule has 2 nitrogen and oxygen atoms in total. The molecule has 0 spiro atoms. The molecule has 0 bridgehead atoms. The van der Waals surface area contributed by atoms with E-state index in [1.807, 2.05) is 43.3 Å². The molecular weight excluding hydrogens is 427 g/mol. The largest absolute Gasteiger partial charge is 0.455 e. The van der Waals surface area contributed by atoms with Crippen LogP contribution in [0.1, 0.15) is 20.8 Å². The molecule has 0 amide bonds. The summed E-state index contributed by atoms with van der Waals surface area (Å²) < 4.78 is 21.5. The second-order valence-electron chi connectivity index (χ2n) is 6.11. The summed E-state index contributed by atoms with van der Waals surface area (Å²) in [6, 6.07) is 19.2. The van der Waals surface area contributed by atoms with Crippen LogP contribution >= 0.6 is 27.3 Å². The van der Waals surface area contributed by atoms with Gasteiger partial charge in [0.2, 0.25) is 5.78 Å². The van der Waals surface area contributed by atoms with Crippen molar-refractivity contribution >= 4 is 43.1 Å². The molecule has 0 aliphatic heterocycles. The average molecular weight is 441 g/mol. The van der Waals surface area contributed by atoms with E-state index < -0.39 is 0 Å². The van der Waals surface area contributed by atoms with Gasteiger partial charge in [0.25, 0.3) is 0 Å². The van der Waals surface area contributed by atoms with E-state index >= 15 is 0 Å². The van der Waals surface area contributed by atoms with Gasteiger partial charge in [-0.25, -0.2) is 4.39 Å². The number of halogens is 2. The van der Waals surface area contributed by atoms with Crippen LogP contribution in [0, 0.1) is 12.7 Å². The quantitative estimate of drug-likeness (QED) is 0.315. The molecule has 0 atom stereocenters. The number of fused-ring (bicyclic) bond motifs is 1. The predicted octanol–water partition coefficient (Wildman–Crippen LogP) is 7.13. The molecule has 0 radical (unpaired) electrons. The van der Waals surface area contributed by atoms with E-state index in [9.17, 15) is 9.18 Å². The first-order chi connectivity index (χ1) is 13.0. The lowest BCUT2D eigenvalue weighted by atomic mass is 10.1. The minimum Gasteiger partial charge on any atom is -0.455 e. The lowest BCUT2D eigenvalue weighted by Crippen LogP contribution is -2.00. The third-order valence-corrected chi connectivity index (χ3v) is 5.82. The summed E-state index contributed by atoms with van der Waals surface area (Å²) in [4.78, 5) is 13.5. The number of thiophene rings is 1. The van der Waals surface area contributed by atoms with E-state index in [1.165, 1.54) is 23.5 Å². The molecule has 4 aromatic rings. The predicted molar refractivity (Wildman–Crippen MR) is 111 cm³/mol. The molecule has 0 saturated carbocycles. The first-order valence-corrected chi connectivity index (χ1v) is 9.89. The van der Waals surface area contributed by atoms with Gasteiger partial charge >= 0.3 is 0 Å². The average Bonchev–Trinajstić information content (AvgIpc) is 3.01. The highest BCUT2D eigenvalue weighted by Crippen LogP contribution is 2.42. The lowest BCUT2D eigenvalue weighted by molar-refractivity contribution is 0.104. The van der Waals surface area contributed by atoms with Gasteiger partial charge in [0.05, 0.1) is 0 Å². The molecule has 4 rings (SSSR count). The molecule has 3 aromatic carbocycles. The fourth-order valence-corrected chi connectivity index (χ4v) is 4.45. The van der Waals surface area contributed by atoms with Crippen molar-refractivity contribution in [3.8, 4) is 11.5 Å². The van der Waals surface area contributed by atoms with Gasteiger partial charge in [0, 0.05) is 20.1 Å². The summed E-state index contributed by atoms with van der Waals surface area (Å²) in [5, 5.41) is 0.725. The number of aryl methyl sites for hydroxylation is 1. The Bertz CT molecular complexity index is 1150. The van der Waals surface area contributed by atoms with Crippen molar-refractivity contribution in [1.82, 2.24) is 0 Å². The number of ketones is 1. The highest BCUT2D eigenvalue weighted by atomic mass is 79.9. The van der Waals surface area contributed by atoms with Crippen molar-refractivity contribution in [2.24, 2.45) is 0 Å². The van der Waals surface area contributed by atoms with Gasteiger partial charge in [-0.1, -0.05) is 46.3 Å². The minimum atomic E-state index is -0.339. The monoisotopic (exact) mass is 440 g/mol. The van der Waals surface area contributed by atoms with E-state index in [0.29, 0.717) is 26.6 Å². The third-order valence-electron chi connectivity index (χ3n) is 4.20. The van der Waals surface area contributed by atoms with Crippen LogP contribution in [0.4, 0.5) is 4.39 Å². The summed E-state index contributed by atoms with van der Waals surface area (Å²) in [5.74, 6) is 0.648. The standard InChI is InChI=1S/C22H14BrFO2S/c1-13-11-15(23)7-10-18(13)26-21-17-9-8-16(24)12-19(17)27-22(21)20(25)14-5-3-2-4-6-14/h2-12H,1H3. The maximum absolute atomic E-state index is 13.7. The van der Waals surface area contributed by atoms with Crippen LogP contribution in [0.15, 0.2) is 71.2 Å². The van der Waals surface area contributed by atoms with Crippen LogP contribution in [-0.2, 0) is 0 Å². The lowest BCUT2D eigenvalue weighted by Gasteiger charge is -2.10. The van der Waals surface area contributed by atoms with E-state index in [2.05, 4.69) is 15.9 Å². The van der Waals surface area contributed by atoms with Crippen LogP contribution < -0.4 is 4.74 Å². The van der Waals surface area contributed by atoms with Gasteiger partial charge in [-0.05, 0) is 48.9 Å². The molecule has 134 valence electrons. The van der Waals surface area contributed by atoms with Crippen LogP contribution in [0.5, 0.6) is 11.5 Å². The molecule has 0 N–H and O–H groups in total. The summed E-state index contributed by atoms with van der Waals surface area (Å²) in [6.45, 7) is 1.94. The van der Waals surface area contributed by atoms with Gasteiger partial charge in [0.1, 0.15) is 16.4 Å². The van der Waals surface area contributed by atoms with Crippen LogP contribution in [0.3, 0.4) is 0 Å². The van der Waals surface area contributed by atoms with Gasteiger partial charge in [-0.2, -0.15) is 0 Å². The summed E-state index contributed by atoms with van der Waals surface area (Å²) in [6.07, 6.45) is 0. The molecular formula is C22H14BrFO2S. The molecule has 0 aliphatic rings. The molecule has 1 aromatic heterocycles. The molecule has 0 fully saturated rings. The smallest absolute Gasteiger partial charge is 0.206 e. The fourth-order valence-electron chi connectivity index (χ4n) is 2.86. The first-order valence-electron chi connectivity index (χ1n) is 8.29. The van der Waals surface area contributed by atoms with Gasteiger partial charge in [0.15, 0.2) is 5.75 Å². The molecule has 1 heterocycles. The maximum Gasteiger partial charge on any atom is 0.206 e. The van der Waals surface area contributed by atoms with Gasteiger partial charge in [-0.3, -0.25) is 4.79 Å². The number of hydrogen-bond acceptors (Lipinski definition) is 3. The van der Waals surface area contributed by atoms with Crippen LogP contribution in [-0.4, -0.2) is 5.78 Å². The van der Waals surface area contributed by atoms with Gasteiger partial charge in [-0.15, -0.1) is 11.3 Å². The highest BCUT2D eigenvalue weighted by Gasteiger charge is 2.22. The number of benzene rings is 3. The van der Waals surface area contributed by atoms with Crippen molar-refractivity contribution in [2.75, 3.05) is 0 Å². The number of rotatable bonds is 4. The first kappa shape index (κ1) is 17.9. The zero-order valence-corrected chi connectivity index (χ0v) is 16.7. The SMILES string of the molecule is Cc1cc(Br)ccc1Oc1c(C(=O)c2ccccc2)sc2cc(F)ccc12. The van der Waals surface area contributed by atoms with Crippen LogP contribution in [0.2, 0.25) is 0 Å². The number of carbonyl (C=O) groups excluding carboxylic acids is 1. The number of carbonyl (C=O) groups is 1. The molecule has 0 aliphatic carbocycles. The van der Waals surface area contributed by atoms with E-state index in [0.717, 1.165) is 15.4 Å². The molecule has 27 heavy (non-hydrogen) atoms. The van der Waals surface area contributed by atoms with Crippen molar-refractivity contribution in [3.63, 3.8) is 0 Å². The Hall–Kier alpha value is -2.50. The Morgan fingerprint density at radius 3 is 2.56 bits per heavy atom. The van der Waals surface area contributed by atoms with E-state index in [4.69, 9.17) is 4.74 Å². The van der Waals surface area contributed by atoms with Crippen molar-refractivity contribution in [3.05, 3.63) is 93.0 Å². The van der Waals surface area contributed by atoms with Crippen molar-refractivity contribution in [2.45, 2.75) is 6.92 Å². The van der Waals surface area contributed by atoms with Crippen molar-refractivity contribution < 1.29 is 13.9 Å². The Balaban J connectivity index is 1.88. The van der Waals surface area contributed by atoms with E-state index in [-0.39, 0.29) is 11.6 Å². The Morgan fingerprint density at radius 2 is 1.81 bits per heavy atom. The van der Waals surface area contributed by atoms with Crippen molar-refractivity contribution in [1.29, 1.82) is 0 Å². The minimum absolute atomic E-state index is 0.137. The molecule has 0 saturated heterocycles. The third kappa shape index (κ3) is 3.53. The second-order valence-corrected chi connectivity index (χ2v) is 8.08. The summed E-state index contributed by atoms with van der Waals surface area (Å²) in [7, 11) is 0. The number of hydrogen-bond donors (Lipinski definition) is 0. The number of ether oxygens (including phenoxy) is 1. The fraction of sp³-hybridized carbons (Fsp3) is 0.0455. The second kappa shape index (κ2) is 7.25. The Kier molecular flexibility index (Phi) is 4.81. The topological polar surface area (TPSA) is 26.3 Å². The van der Waals surface area contributed by atoms with Gasteiger partial charge < -0.3 is 4.74 Å². The molecule has 5 heteroatoms. The summed E-state index contributed by atoms with van der Waals surface area (Å²) in [5.41, 5.74) is 1.51. The zero-order chi connectivity index (χ0) is 19.0. The molecule has 0 unspecified atom stereocenters. The Morgan fingerprint density at radius 1 is 1.04 bits per heavy atom.